The van der Waals surface area contributed by atoms with Gasteiger partial charge < -0.3 is 15.0 Å². The van der Waals surface area contributed by atoms with Crippen LogP contribution in [0, 0.1) is 13.8 Å². The molecule has 0 radical (unpaired) electrons. The number of hydrogen-bond donors (Lipinski definition) is 1. The van der Waals surface area contributed by atoms with Crippen molar-refractivity contribution in [3.63, 3.8) is 0 Å². The van der Waals surface area contributed by atoms with E-state index in [2.05, 4.69) is 17.1 Å². The van der Waals surface area contributed by atoms with Gasteiger partial charge in [-0.2, -0.15) is 4.31 Å². The molecule has 1 amide bonds. The molecule has 0 aliphatic carbocycles. The van der Waals surface area contributed by atoms with Crippen LogP contribution in [0.25, 0.3) is 0 Å². The first-order valence-corrected chi connectivity index (χ1v) is 11.6. The number of hydrogen-bond acceptors (Lipinski definition) is 5. The van der Waals surface area contributed by atoms with Crippen LogP contribution in [0.1, 0.15) is 18.1 Å². The highest BCUT2D eigenvalue weighted by Crippen LogP contribution is 2.22. The Morgan fingerprint density at radius 3 is 2.47 bits per heavy atom. The predicted octanol–water partition coefficient (Wildman–Crippen LogP) is 2.65. The zero-order valence-corrected chi connectivity index (χ0v) is 18.5. The number of likely N-dealkylation sites (N-methyl/N-ethyl adjacent to an activating group) is 1. The number of carbonyl (C=O) groups is 1. The first-order chi connectivity index (χ1) is 14.3. The number of aryl methyl sites for hydroxylation is 2. The highest BCUT2D eigenvalue weighted by molar-refractivity contribution is 7.89. The van der Waals surface area contributed by atoms with Crippen LogP contribution in [0.3, 0.4) is 0 Å². The molecular formula is C22H29N3O4S. The second-order valence-electron chi connectivity index (χ2n) is 7.47. The molecule has 1 aliphatic heterocycles. The summed E-state index contributed by atoms with van der Waals surface area (Å²) in [6.45, 7) is 9.14. The Kier molecular flexibility index (Phi) is 7.12. The molecule has 1 fully saturated rings. The summed E-state index contributed by atoms with van der Waals surface area (Å²) in [5.74, 6) is 0.305. The van der Waals surface area contributed by atoms with E-state index in [-0.39, 0.29) is 17.4 Å². The Balaban J connectivity index is 1.62. The van der Waals surface area contributed by atoms with Crippen molar-refractivity contribution in [1.29, 1.82) is 0 Å². The normalized spacial score (nSPS) is 15.7. The Bertz CT molecular complexity index is 999. The molecule has 2 aromatic rings. The van der Waals surface area contributed by atoms with Gasteiger partial charge in [-0.05, 0) is 50.2 Å². The molecule has 0 spiro atoms. The van der Waals surface area contributed by atoms with Crippen LogP contribution in [0.5, 0.6) is 5.75 Å². The van der Waals surface area contributed by atoms with E-state index in [1.807, 2.05) is 32.0 Å². The first kappa shape index (κ1) is 22.3. The highest BCUT2D eigenvalue weighted by Gasteiger charge is 2.28. The molecule has 1 aliphatic rings. The SMILES string of the molecule is CCN1CCN(S(=O)(=O)c2cccc(NC(=O)COc3ccc(C)cc3C)c2)CC1. The van der Waals surface area contributed by atoms with E-state index < -0.39 is 10.0 Å². The maximum absolute atomic E-state index is 13.0. The van der Waals surface area contributed by atoms with Crippen molar-refractivity contribution in [2.45, 2.75) is 25.7 Å². The van der Waals surface area contributed by atoms with Crippen molar-refractivity contribution in [3.05, 3.63) is 53.6 Å². The van der Waals surface area contributed by atoms with E-state index in [1.54, 1.807) is 18.2 Å². The van der Waals surface area contributed by atoms with E-state index in [0.29, 0.717) is 24.5 Å². The van der Waals surface area contributed by atoms with Crippen molar-refractivity contribution < 1.29 is 17.9 Å². The summed E-state index contributed by atoms with van der Waals surface area (Å²) < 4.78 is 33.0. The highest BCUT2D eigenvalue weighted by atomic mass is 32.2. The van der Waals surface area contributed by atoms with Crippen molar-refractivity contribution >= 4 is 21.6 Å². The number of nitrogens with one attached hydrogen (secondary N) is 1. The molecule has 0 atom stereocenters. The summed E-state index contributed by atoms with van der Waals surface area (Å²) in [6, 6.07) is 12.1. The molecule has 0 unspecified atom stereocenters. The van der Waals surface area contributed by atoms with Crippen LogP contribution in [0.2, 0.25) is 0 Å². The molecule has 0 bridgehead atoms. The van der Waals surface area contributed by atoms with Gasteiger partial charge in [-0.25, -0.2) is 8.42 Å². The minimum Gasteiger partial charge on any atom is -0.483 e. The third-order valence-electron chi connectivity index (χ3n) is 5.22. The van der Waals surface area contributed by atoms with Gasteiger partial charge in [0.15, 0.2) is 6.61 Å². The van der Waals surface area contributed by atoms with E-state index in [9.17, 15) is 13.2 Å². The van der Waals surface area contributed by atoms with Gasteiger partial charge in [0, 0.05) is 31.9 Å². The fourth-order valence-electron chi connectivity index (χ4n) is 3.47. The maximum Gasteiger partial charge on any atom is 0.262 e. The Morgan fingerprint density at radius 1 is 1.07 bits per heavy atom. The summed E-state index contributed by atoms with van der Waals surface area (Å²) in [5, 5.41) is 2.72. The predicted molar refractivity (Wildman–Crippen MR) is 117 cm³/mol. The molecule has 0 saturated carbocycles. The fraction of sp³-hybridized carbons (Fsp3) is 0.409. The lowest BCUT2D eigenvalue weighted by atomic mass is 10.1. The zero-order chi connectivity index (χ0) is 21.7. The molecule has 3 rings (SSSR count). The number of benzene rings is 2. The first-order valence-electron chi connectivity index (χ1n) is 10.1. The summed E-state index contributed by atoms with van der Waals surface area (Å²) in [4.78, 5) is 14.7. The van der Waals surface area contributed by atoms with Gasteiger partial charge in [-0.1, -0.05) is 30.7 Å². The lowest BCUT2D eigenvalue weighted by molar-refractivity contribution is -0.118. The van der Waals surface area contributed by atoms with Crippen LogP contribution in [0.4, 0.5) is 5.69 Å². The van der Waals surface area contributed by atoms with Crippen molar-refractivity contribution in [1.82, 2.24) is 9.21 Å². The van der Waals surface area contributed by atoms with Crippen LogP contribution >= 0.6 is 0 Å². The number of nitrogens with zero attached hydrogens (tertiary/aromatic N) is 2. The van der Waals surface area contributed by atoms with E-state index in [0.717, 1.165) is 30.8 Å². The van der Waals surface area contributed by atoms with Crippen LogP contribution in [-0.2, 0) is 14.8 Å². The second-order valence-corrected chi connectivity index (χ2v) is 9.41. The van der Waals surface area contributed by atoms with Crippen molar-refractivity contribution in [2.24, 2.45) is 0 Å². The minimum atomic E-state index is -3.59. The van der Waals surface area contributed by atoms with Crippen LogP contribution < -0.4 is 10.1 Å². The number of anilines is 1. The lowest BCUT2D eigenvalue weighted by Crippen LogP contribution is -2.48. The number of rotatable bonds is 7. The smallest absolute Gasteiger partial charge is 0.262 e. The number of carbonyl (C=O) groups excluding carboxylic acids is 1. The molecule has 1 saturated heterocycles. The number of ether oxygens (including phenoxy) is 1. The van der Waals surface area contributed by atoms with E-state index in [4.69, 9.17) is 4.74 Å². The van der Waals surface area contributed by atoms with Crippen molar-refractivity contribution in [3.8, 4) is 5.75 Å². The van der Waals surface area contributed by atoms with Gasteiger partial charge in [-0.15, -0.1) is 0 Å². The molecular weight excluding hydrogens is 402 g/mol. The molecule has 162 valence electrons. The standard InChI is InChI=1S/C22H29N3O4S/c1-4-24-10-12-25(13-11-24)30(27,28)20-7-5-6-19(15-20)23-22(26)16-29-21-9-8-17(2)14-18(21)3/h5-9,14-15H,4,10-13,16H2,1-3H3,(H,23,26). The lowest BCUT2D eigenvalue weighted by Gasteiger charge is -2.33. The van der Waals surface area contributed by atoms with Gasteiger partial charge in [0.2, 0.25) is 10.0 Å². The molecule has 30 heavy (non-hydrogen) atoms. The molecule has 8 heteroatoms. The largest absolute Gasteiger partial charge is 0.483 e. The molecule has 0 aromatic heterocycles. The van der Waals surface area contributed by atoms with Crippen LogP contribution in [-0.4, -0.2) is 62.9 Å². The van der Waals surface area contributed by atoms with Gasteiger partial charge in [-0.3, -0.25) is 4.79 Å². The monoisotopic (exact) mass is 431 g/mol. The molecule has 2 aromatic carbocycles. The average molecular weight is 432 g/mol. The summed E-state index contributed by atoms with van der Waals surface area (Å²) in [6.07, 6.45) is 0. The fourth-order valence-corrected chi connectivity index (χ4v) is 4.94. The van der Waals surface area contributed by atoms with Gasteiger partial charge in [0.25, 0.3) is 5.91 Å². The number of piperazine rings is 1. The van der Waals surface area contributed by atoms with Crippen LogP contribution in [0.15, 0.2) is 47.4 Å². The van der Waals surface area contributed by atoms with E-state index >= 15 is 0 Å². The average Bonchev–Trinajstić information content (AvgIpc) is 2.73. The van der Waals surface area contributed by atoms with Gasteiger partial charge in [0.1, 0.15) is 5.75 Å². The summed E-state index contributed by atoms with van der Waals surface area (Å²) >= 11 is 0. The topological polar surface area (TPSA) is 79.0 Å². The third kappa shape index (κ3) is 5.38. The van der Waals surface area contributed by atoms with Gasteiger partial charge in [0.05, 0.1) is 4.90 Å². The summed E-state index contributed by atoms with van der Waals surface area (Å²) in [7, 11) is -3.59. The minimum absolute atomic E-state index is 0.153. The second kappa shape index (κ2) is 9.59. The maximum atomic E-state index is 13.0. The zero-order valence-electron chi connectivity index (χ0n) is 17.7. The van der Waals surface area contributed by atoms with Gasteiger partial charge >= 0.3 is 0 Å². The molecule has 1 heterocycles. The number of amides is 1. The third-order valence-corrected chi connectivity index (χ3v) is 7.12. The Labute approximate surface area is 178 Å². The Hall–Kier alpha value is -2.42. The number of sulfonamides is 1. The van der Waals surface area contributed by atoms with Crippen molar-refractivity contribution in [2.75, 3.05) is 44.6 Å². The molecule has 1 N–H and O–H groups in total. The molecule has 7 nitrogen and oxygen atoms in total. The summed E-state index contributed by atoms with van der Waals surface area (Å²) in [5.41, 5.74) is 2.51. The van der Waals surface area contributed by atoms with E-state index in [1.165, 1.54) is 10.4 Å². The quantitative estimate of drug-likeness (QED) is 0.729. The Morgan fingerprint density at radius 2 is 1.80 bits per heavy atom.